The van der Waals surface area contributed by atoms with Gasteiger partial charge in [-0.15, -0.1) is 0 Å². The molecule has 1 aliphatic rings. The van der Waals surface area contributed by atoms with Crippen molar-refractivity contribution in [3.05, 3.63) is 34.9 Å². The van der Waals surface area contributed by atoms with Crippen molar-refractivity contribution in [2.45, 2.75) is 44.6 Å². The molecular formula is C14H20F2OSi. The lowest BCUT2D eigenvalue weighted by Gasteiger charge is -2.18. The monoisotopic (exact) mass is 270 g/mol. The summed E-state index contributed by atoms with van der Waals surface area (Å²) in [6, 6.07) is 3.71. The zero-order chi connectivity index (χ0) is 13.3. The molecule has 1 aromatic carbocycles. The molecule has 0 N–H and O–H groups in total. The maximum absolute atomic E-state index is 13.2. The molecular weight excluding hydrogens is 250 g/mol. The highest BCUT2D eigenvalue weighted by molar-refractivity contribution is 6.76. The van der Waals surface area contributed by atoms with Crippen molar-refractivity contribution < 1.29 is 13.5 Å². The SMILES string of the molecule is C[Si](C)(C)CCOC1CCc2cc(F)c(F)cc21. The molecule has 0 saturated carbocycles. The van der Waals surface area contributed by atoms with E-state index in [9.17, 15) is 8.78 Å². The van der Waals surface area contributed by atoms with Crippen LogP contribution in [0.25, 0.3) is 0 Å². The summed E-state index contributed by atoms with van der Waals surface area (Å²) in [5.41, 5.74) is 1.73. The Morgan fingerprint density at radius 2 is 1.89 bits per heavy atom. The minimum absolute atomic E-state index is 0.0496. The predicted octanol–water partition coefficient (Wildman–Crippen LogP) is 4.31. The first-order valence-corrected chi connectivity index (χ1v) is 10.2. The van der Waals surface area contributed by atoms with E-state index in [2.05, 4.69) is 19.6 Å². The number of ether oxygens (including phenoxy) is 1. The Morgan fingerprint density at radius 3 is 2.56 bits per heavy atom. The van der Waals surface area contributed by atoms with Gasteiger partial charge in [-0.2, -0.15) is 0 Å². The summed E-state index contributed by atoms with van der Waals surface area (Å²) in [5, 5.41) is 0. The molecule has 0 heterocycles. The summed E-state index contributed by atoms with van der Waals surface area (Å²) in [4.78, 5) is 0. The summed E-state index contributed by atoms with van der Waals surface area (Å²) in [7, 11) is -1.10. The van der Waals surface area contributed by atoms with Gasteiger partial charge in [-0.25, -0.2) is 8.78 Å². The molecule has 1 nitrogen and oxygen atoms in total. The zero-order valence-corrected chi connectivity index (χ0v) is 12.2. The van der Waals surface area contributed by atoms with Gasteiger partial charge >= 0.3 is 0 Å². The van der Waals surface area contributed by atoms with E-state index in [4.69, 9.17) is 4.74 Å². The van der Waals surface area contributed by atoms with Crippen molar-refractivity contribution in [2.24, 2.45) is 0 Å². The molecule has 0 aliphatic heterocycles. The highest BCUT2D eigenvalue weighted by Gasteiger charge is 2.25. The maximum Gasteiger partial charge on any atom is 0.159 e. The van der Waals surface area contributed by atoms with E-state index in [0.29, 0.717) is 0 Å². The third-order valence-electron chi connectivity index (χ3n) is 3.38. The van der Waals surface area contributed by atoms with Crippen LogP contribution in [0.1, 0.15) is 23.7 Å². The largest absolute Gasteiger partial charge is 0.374 e. The van der Waals surface area contributed by atoms with Crippen molar-refractivity contribution >= 4 is 8.07 Å². The average Bonchev–Trinajstić information content (AvgIpc) is 2.60. The second-order valence-electron chi connectivity index (χ2n) is 6.17. The molecule has 2 rings (SSSR count). The number of halogens is 2. The van der Waals surface area contributed by atoms with Crippen LogP contribution in [0.15, 0.2) is 12.1 Å². The summed E-state index contributed by atoms with van der Waals surface area (Å²) in [5.74, 6) is -1.52. The molecule has 100 valence electrons. The first-order chi connectivity index (χ1) is 8.37. The summed E-state index contributed by atoms with van der Waals surface area (Å²) in [6.45, 7) is 7.62. The van der Waals surface area contributed by atoms with E-state index in [1.165, 1.54) is 12.1 Å². The smallest absolute Gasteiger partial charge is 0.159 e. The fraction of sp³-hybridized carbons (Fsp3) is 0.571. The number of hydrogen-bond donors (Lipinski definition) is 0. The number of benzene rings is 1. The number of hydrogen-bond acceptors (Lipinski definition) is 1. The molecule has 1 atom stereocenters. The zero-order valence-electron chi connectivity index (χ0n) is 11.2. The van der Waals surface area contributed by atoms with Crippen molar-refractivity contribution in [1.29, 1.82) is 0 Å². The lowest BCUT2D eigenvalue weighted by Crippen LogP contribution is -2.22. The topological polar surface area (TPSA) is 9.23 Å². The van der Waals surface area contributed by atoms with Crippen molar-refractivity contribution in [3.63, 3.8) is 0 Å². The maximum atomic E-state index is 13.2. The van der Waals surface area contributed by atoms with Crippen LogP contribution in [0.4, 0.5) is 8.78 Å². The van der Waals surface area contributed by atoms with Gasteiger partial charge < -0.3 is 4.74 Å². The summed E-state index contributed by atoms with van der Waals surface area (Å²) < 4.78 is 32.2. The molecule has 0 amide bonds. The van der Waals surface area contributed by atoms with Crippen LogP contribution in [0, 0.1) is 11.6 Å². The van der Waals surface area contributed by atoms with Crippen LogP contribution in [-0.4, -0.2) is 14.7 Å². The van der Waals surface area contributed by atoms with E-state index in [1.54, 1.807) is 0 Å². The number of rotatable bonds is 4. The van der Waals surface area contributed by atoms with Gasteiger partial charge in [-0.05, 0) is 42.1 Å². The molecule has 1 aliphatic carbocycles. The lowest BCUT2D eigenvalue weighted by molar-refractivity contribution is 0.0632. The third-order valence-corrected chi connectivity index (χ3v) is 5.08. The summed E-state index contributed by atoms with van der Waals surface area (Å²) >= 11 is 0. The van der Waals surface area contributed by atoms with Gasteiger partial charge in [0.25, 0.3) is 0 Å². The van der Waals surface area contributed by atoms with Gasteiger partial charge in [0.1, 0.15) is 0 Å². The van der Waals surface area contributed by atoms with Crippen LogP contribution < -0.4 is 0 Å². The Balaban J connectivity index is 2.01. The van der Waals surface area contributed by atoms with Gasteiger partial charge in [-0.3, -0.25) is 0 Å². The Kier molecular flexibility index (Phi) is 3.87. The number of fused-ring (bicyclic) bond motifs is 1. The van der Waals surface area contributed by atoms with Crippen LogP contribution in [0.2, 0.25) is 25.7 Å². The molecule has 0 radical (unpaired) electrons. The van der Waals surface area contributed by atoms with Gasteiger partial charge in [0.05, 0.1) is 6.10 Å². The highest BCUT2D eigenvalue weighted by atomic mass is 28.3. The van der Waals surface area contributed by atoms with Crippen LogP contribution in [-0.2, 0) is 11.2 Å². The third kappa shape index (κ3) is 3.17. The predicted molar refractivity (Wildman–Crippen MR) is 71.5 cm³/mol. The lowest BCUT2D eigenvalue weighted by atomic mass is 10.1. The molecule has 0 bridgehead atoms. The molecule has 0 saturated heterocycles. The molecule has 0 aromatic heterocycles. The second kappa shape index (κ2) is 5.09. The van der Waals surface area contributed by atoms with Gasteiger partial charge in [0.2, 0.25) is 0 Å². The van der Waals surface area contributed by atoms with Gasteiger partial charge in [-0.1, -0.05) is 19.6 Å². The molecule has 18 heavy (non-hydrogen) atoms. The van der Waals surface area contributed by atoms with Crippen molar-refractivity contribution in [2.75, 3.05) is 6.61 Å². The van der Waals surface area contributed by atoms with Crippen LogP contribution >= 0.6 is 0 Å². The normalized spacial score (nSPS) is 19.1. The van der Waals surface area contributed by atoms with E-state index in [1.807, 2.05) is 0 Å². The highest BCUT2D eigenvalue weighted by Crippen LogP contribution is 2.35. The van der Waals surface area contributed by atoms with Gasteiger partial charge in [0.15, 0.2) is 11.6 Å². The fourth-order valence-corrected chi connectivity index (χ4v) is 2.97. The van der Waals surface area contributed by atoms with E-state index in [-0.39, 0.29) is 6.10 Å². The molecule has 4 heteroatoms. The fourth-order valence-electron chi connectivity index (χ4n) is 2.24. The Bertz CT molecular complexity index is 440. The van der Waals surface area contributed by atoms with Crippen LogP contribution in [0.5, 0.6) is 0 Å². The second-order valence-corrected chi connectivity index (χ2v) is 11.8. The molecule has 1 aromatic rings. The first kappa shape index (κ1) is 13.7. The first-order valence-electron chi connectivity index (χ1n) is 6.46. The average molecular weight is 270 g/mol. The quantitative estimate of drug-likeness (QED) is 0.741. The molecule has 0 fully saturated rings. The van der Waals surface area contributed by atoms with E-state index < -0.39 is 19.7 Å². The van der Waals surface area contributed by atoms with E-state index in [0.717, 1.165) is 36.6 Å². The van der Waals surface area contributed by atoms with Crippen molar-refractivity contribution in [1.82, 2.24) is 0 Å². The minimum atomic E-state index is -1.10. The minimum Gasteiger partial charge on any atom is -0.374 e. The Hall–Kier alpha value is -0.743. The summed E-state index contributed by atoms with van der Waals surface area (Å²) in [6.07, 6.45) is 1.57. The van der Waals surface area contributed by atoms with E-state index >= 15 is 0 Å². The Morgan fingerprint density at radius 1 is 1.22 bits per heavy atom. The molecule has 0 spiro atoms. The standard InChI is InChI=1S/C14H20F2OSi/c1-18(2,3)7-6-17-14-5-4-10-8-12(15)13(16)9-11(10)14/h8-9,14H,4-7H2,1-3H3. The van der Waals surface area contributed by atoms with Crippen molar-refractivity contribution in [3.8, 4) is 0 Å². The Labute approximate surface area is 108 Å². The number of aryl methyl sites for hydroxylation is 1. The van der Waals surface area contributed by atoms with Crippen LogP contribution in [0.3, 0.4) is 0 Å². The molecule has 1 unspecified atom stereocenters. The van der Waals surface area contributed by atoms with Gasteiger partial charge in [0, 0.05) is 14.7 Å².